The number of fused-ring (bicyclic) bond motifs is 8. The van der Waals surface area contributed by atoms with Gasteiger partial charge in [0.2, 0.25) is 0 Å². The first-order chi connectivity index (χ1) is 21.8. The Kier molecular flexibility index (Phi) is 5.78. The molecule has 3 heteroatoms. The molecule has 1 unspecified atom stereocenters. The number of nitrogens with zero attached hydrogens (tertiary/aromatic N) is 1. The van der Waals surface area contributed by atoms with Gasteiger partial charge in [-0.1, -0.05) is 121 Å². The van der Waals surface area contributed by atoms with Gasteiger partial charge in [0, 0.05) is 21.2 Å². The van der Waals surface area contributed by atoms with Crippen molar-refractivity contribution in [1.29, 1.82) is 0 Å². The summed E-state index contributed by atoms with van der Waals surface area (Å²) in [7, 11) is 0. The first-order valence-electron chi connectivity index (χ1n) is 15.1. The van der Waals surface area contributed by atoms with Crippen LogP contribution in [0.2, 0.25) is 0 Å². The molecular weight excluding hydrogens is 553 g/mol. The van der Waals surface area contributed by atoms with Crippen LogP contribution >= 0.6 is 11.3 Å². The van der Waals surface area contributed by atoms with Crippen LogP contribution in [0.1, 0.15) is 4.88 Å². The number of hydrogen-bond acceptors (Lipinski definition) is 3. The van der Waals surface area contributed by atoms with E-state index in [4.69, 9.17) is 0 Å². The number of thiophene rings is 1. The molecule has 7 aromatic carbocycles. The van der Waals surface area contributed by atoms with Crippen molar-refractivity contribution in [2.45, 2.75) is 6.17 Å². The summed E-state index contributed by atoms with van der Waals surface area (Å²) in [6, 6.07) is 52.8. The number of nitrogens with one attached hydrogen (secondary N) is 1. The fourth-order valence-electron chi connectivity index (χ4n) is 6.79. The minimum absolute atomic E-state index is 0.0843. The lowest BCUT2D eigenvalue weighted by atomic mass is 9.95. The van der Waals surface area contributed by atoms with Gasteiger partial charge in [0.05, 0.1) is 16.3 Å². The Morgan fingerprint density at radius 3 is 2.02 bits per heavy atom. The van der Waals surface area contributed by atoms with Crippen LogP contribution in [-0.2, 0) is 0 Å². The van der Waals surface area contributed by atoms with E-state index in [2.05, 4.69) is 168 Å². The second-order valence-corrected chi connectivity index (χ2v) is 12.5. The zero-order valence-corrected chi connectivity index (χ0v) is 24.8. The molecule has 0 saturated carbocycles. The molecule has 9 rings (SSSR count). The topological polar surface area (TPSA) is 15.3 Å². The molecule has 0 bridgehead atoms. The Bertz CT molecular complexity index is 2370. The molecule has 1 aliphatic rings. The fourth-order valence-corrected chi connectivity index (χ4v) is 7.87. The molecule has 0 radical (unpaired) electrons. The Hall–Kier alpha value is -5.38. The SMILES string of the molecule is C1=CC(N(c2ccc(-c3ccccc3)cc2)c2cc3c4ccccc4ccc3c3ccccc23)Nc2c1sc1ccccc21. The van der Waals surface area contributed by atoms with Crippen molar-refractivity contribution in [2.24, 2.45) is 0 Å². The van der Waals surface area contributed by atoms with E-state index in [-0.39, 0.29) is 6.17 Å². The van der Waals surface area contributed by atoms with Crippen molar-refractivity contribution in [3.05, 3.63) is 157 Å². The minimum atomic E-state index is -0.0843. The molecule has 0 spiro atoms. The van der Waals surface area contributed by atoms with E-state index in [0.717, 1.165) is 5.69 Å². The van der Waals surface area contributed by atoms with Gasteiger partial charge in [0.1, 0.15) is 6.17 Å². The Morgan fingerprint density at radius 1 is 0.523 bits per heavy atom. The molecule has 0 aliphatic carbocycles. The lowest BCUT2D eigenvalue weighted by Gasteiger charge is -2.36. The van der Waals surface area contributed by atoms with E-state index in [1.54, 1.807) is 0 Å². The zero-order chi connectivity index (χ0) is 29.0. The molecule has 2 nitrogen and oxygen atoms in total. The molecule has 0 saturated heterocycles. The third-order valence-corrected chi connectivity index (χ3v) is 10.0. The van der Waals surface area contributed by atoms with Gasteiger partial charge >= 0.3 is 0 Å². The van der Waals surface area contributed by atoms with Crippen molar-refractivity contribution in [3.8, 4) is 11.1 Å². The third-order valence-electron chi connectivity index (χ3n) is 8.88. The highest BCUT2D eigenvalue weighted by molar-refractivity contribution is 7.20. The summed E-state index contributed by atoms with van der Waals surface area (Å²) in [6.45, 7) is 0. The number of benzene rings is 7. The molecule has 1 atom stereocenters. The van der Waals surface area contributed by atoms with E-state index in [1.165, 1.54) is 69.8 Å². The van der Waals surface area contributed by atoms with Crippen molar-refractivity contribution in [2.75, 3.05) is 10.2 Å². The predicted octanol–water partition coefficient (Wildman–Crippen LogP) is 11.6. The first kappa shape index (κ1) is 25.1. The van der Waals surface area contributed by atoms with Gasteiger partial charge in [-0.15, -0.1) is 11.3 Å². The summed E-state index contributed by atoms with van der Waals surface area (Å²) in [5, 5.41) is 12.8. The van der Waals surface area contributed by atoms with Crippen molar-refractivity contribution in [1.82, 2.24) is 0 Å². The Morgan fingerprint density at radius 2 is 1.18 bits per heavy atom. The molecule has 1 aromatic heterocycles. The molecular formula is C41H28N2S. The summed E-state index contributed by atoms with van der Waals surface area (Å²) >= 11 is 1.84. The molecule has 1 aliphatic heterocycles. The van der Waals surface area contributed by atoms with E-state index < -0.39 is 0 Å². The number of hydrogen-bond donors (Lipinski definition) is 1. The van der Waals surface area contributed by atoms with Gasteiger partial charge < -0.3 is 10.2 Å². The van der Waals surface area contributed by atoms with Crippen molar-refractivity contribution >= 4 is 76.9 Å². The summed E-state index contributed by atoms with van der Waals surface area (Å²) < 4.78 is 1.30. The molecule has 8 aromatic rings. The van der Waals surface area contributed by atoms with Gasteiger partial charge in [0.15, 0.2) is 0 Å². The van der Waals surface area contributed by atoms with Crippen LogP contribution in [0.4, 0.5) is 17.1 Å². The molecule has 2 heterocycles. The van der Waals surface area contributed by atoms with Gasteiger partial charge in [-0.2, -0.15) is 0 Å². The highest BCUT2D eigenvalue weighted by Gasteiger charge is 2.26. The quantitative estimate of drug-likeness (QED) is 0.208. The molecule has 44 heavy (non-hydrogen) atoms. The van der Waals surface area contributed by atoms with Crippen LogP contribution in [-0.4, -0.2) is 6.17 Å². The van der Waals surface area contributed by atoms with Gasteiger partial charge in [-0.05, 0) is 74.5 Å². The van der Waals surface area contributed by atoms with Gasteiger partial charge in [0.25, 0.3) is 0 Å². The van der Waals surface area contributed by atoms with E-state index in [9.17, 15) is 0 Å². The second-order valence-electron chi connectivity index (χ2n) is 11.4. The Labute approximate surface area is 260 Å². The molecule has 0 amide bonds. The van der Waals surface area contributed by atoms with Crippen molar-refractivity contribution < 1.29 is 0 Å². The van der Waals surface area contributed by atoms with Crippen molar-refractivity contribution in [3.63, 3.8) is 0 Å². The molecule has 0 fully saturated rings. The fraction of sp³-hybridized carbons (Fsp3) is 0.0244. The average molecular weight is 581 g/mol. The third kappa shape index (κ3) is 4.01. The smallest absolute Gasteiger partial charge is 0.123 e. The summed E-state index contributed by atoms with van der Waals surface area (Å²) in [5.74, 6) is 0. The van der Waals surface area contributed by atoms with Gasteiger partial charge in [-0.3, -0.25) is 0 Å². The van der Waals surface area contributed by atoms with Crippen LogP contribution in [0.5, 0.6) is 0 Å². The minimum Gasteiger partial charge on any atom is -0.360 e. The zero-order valence-electron chi connectivity index (χ0n) is 23.9. The number of anilines is 3. The normalized spacial score (nSPS) is 14.2. The molecule has 1 N–H and O–H groups in total. The van der Waals surface area contributed by atoms with Crippen LogP contribution < -0.4 is 10.2 Å². The number of rotatable bonds is 4. The highest BCUT2D eigenvalue weighted by atomic mass is 32.1. The van der Waals surface area contributed by atoms with Crippen LogP contribution in [0, 0.1) is 0 Å². The second kappa shape index (κ2) is 10.1. The summed E-state index contributed by atoms with van der Waals surface area (Å²) in [5.41, 5.74) is 5.96. The lowest BCUT2D eigenvalue weighted by Crippen LogP contribution is -2.37. The van der Waals surface area contributed by atoms with E-state index in [0.29, 0.717) is 0 Å². The van der Waals surface area contributed by atoms with Crippen LogP contribution in [0.3, 0.4) is 0 Å². The monoisotopic (exact) mass is 580 g/mol. The maximum absolute atomic E-state index is 3.96. The molecule has 208 valence electrons. The van der Waals surface area contributed by atoms with Gasteiger partial charge in [-0.25, -0.2) is 0 Å². The van der Waals surface area contributed by atoms with Crippen LogP contribution in [0.15, 0.2) is 152 Å². The van der Waals surface area contributed by atoms with Crippen LogP contribution in [0.25, 0.3) is 59.6 Å². The van der Waals surface area contributed by atoms with E-state index >= 15 is 0 Å². The predicted molar refractivity (Wildman–Crippen MR) is 191 cm³/mol. The van der Waals surface area contributed by atoms with E-state index in [1.807, 2.05) is 11.3 Å². The highest BCUT2D eigenvalue weighted by Crippen LogP contribution is 2.44. The largest absolute Gasteiger partial charge is 0.360 e. The lowest BCUT2D eigenvalue weighted by molar-refractivity contribution is 0.884. The maximum atomic E-state index is 3.96. The Balaban J connectivity index is 1.28. The standard InChI is InChI=1S/C41H28N2S/c1-2-10-27(11-3-1)28-18-21-30(22-19-28)43(40-25-24-39-41(42-40)35-16-8-9-17-38(35)44-39)37-26-36-31-13-5-4-12-29(31)20-23-33(36)32-14-6-7-15-34(32)37/h1-26,40,42H. The summed E-state index contributed by atoms with van der Waals surface area (Å²) in [4.78, 5) is 3.75. The maximum Gasteiger partial charge on any atom is 0.123 e. The summed E-state index contributed by atoms with van der Waals surface area (Å²) in [6.07, 6.45) is 4.52. The first-order valence-corrected chi connectivity index (χ1v) is 15.9. The average Bonchev–Trinajstić information content (AvgIpc) is 3.47.